The van der Waals surface area contributed by atoms with Crippen molar-refractivity contribution >= 4 is 17.3 Å². The van der Waals surface area contributed by atoms with Crippen LogP contribution in [0.4, 0.5) is 0 Å². The van der Waals surface area contributed by atoms with Gasteiger partial charge < -0.3 is 9.84 Å². The zero-order chi connectivity index (χ0) is 20.4. The SMILES string of the molecule is COc1ccc(C2=N[C@@H](c3ccc(C)cc3)N[C@H](c3cc(Cl)ccc3O)C2)cc1. The molecule has 0 unspecified atom stereocenters. The van der Waals surface area contributed by atoms with Crippen molar-refractivity contribution in [1.82, 2.24) is 5.32 Å². The predicted octanol–water partition coefficient (Wildman–Crippen LogP) is 5.59. The van der Waals surface area contributed by atoms with Crippen molar-refractivity contribution in [2.24, 2.45) is 4.99 Å². The van der Waals surface area contributed by atoms with Gasteiger partial charge in [-0.05, 0) is 60.5 Å². The van der Waals surface area contributed by atoms with E-state index >= 15 is 0 Å². The number of phenols is 1. The Bertz CT molecular complexity index is 1030. The largest absolute Gasteiger partial charge is 0.508 e. The minimum absolute atomic E-state index is 0.116. The molecular formula is C24H23ClN2O2. The summed E-state index contributed by atoms with van der Waals surface area (Å²) in [6, 6.07) is 21.3. The van der Waals surface area contributed by atoms with Gasteiger partial charge in [-0.1, -0.05) is 41.4 Å². The molecule has 0 amide bonds. The number of aryl methyl sites for hydroxylation is 1. The molecule has 0 radical (unpaired) electrons. The lowest BCUT2D eigenvalue weighted by atomic mass is 9.93. The molecule has 3 aromatic carbocycles. The third-order valence-corrected chi connectivity index (χ3v) is 5.46. The van der Waals surface area contributed by atoms with E-state index in [9.17, 15) is 5.11 Å². The lowest BCUT2D eigenvalue weighted by molar-refractivity contribution is 0.412. The molecule has 1 heterocycles. The van der Waals surface area contributed by atoms with E-state index in [2.05, 4.69) is 36.5 Å². The highest BCUT2D eigenvalue weighted by molar-refractivity contribution is 6.30. The Morgan fingerprint density at radius 3 is 2.45 bits per heavy atom. The summed E-state index contributed by atoms with van der Waals surface area (Å²) in [6.07, 6.45) is 0.424. The van der Waals surface area contributed by atoms with E-state index in [0.717, 1.165) is 28.2 Å². The first kappa shape index (κ1) is 19.5. The molecule has 2 atom stereocenters. The van der Waals surface area contributed by atoms with Crippen molar-refractivity contribution in [2.75, 3.05) is 7.11 Å². The number of hydrogen-bond donors (Lipinski definition) is 2. The monoisotopic (exact) mass is 406 g/mol. The van der Waals surface area contributed by atoms with Crippen LogP contribution in [0.1, 0.15) is 40.9 Å². The van der Waals surface area contributed by atoms with Gasteiger partial charge in [0.05, 0.1) is 7.11 Å². The number of aromatic hydroxyl groups is 1. The number of ether oxygens (including phenoxy) is 1. The van der Waals surface area contributed by atoms with Gasteiger partial charge in [0.1, 0.15) is 17.7 Å². The molecule has 0 bridgehead atoms. The van der Waals surface area contributed by atoms with Gasteiger partial charge in [0, 0.05) is 28.8 Å². The Kier molecular flexibility index (Phi) is 5.56. The van der Waals surface area contributed by atoms with E-state index in [0.29, 0.717) is 11.4 Å². The van der Waals surface area contributed by atoms with Gasteiger partial charge in [0.25, 0.3) is 0 Å². The van der Waals surface area contributed by atoms with Crippen LogP contribution in [-0.2, 0) is 0 Å². The van der Waals surface area contributed by atoms with Crippen LogP contribution in [0.15, 0.2) is 71.7 Å². The van der Waals surface area contributed by atoms with Crippen LogP contribution < -0.4 is 10.1 Å². The molecule has 0 spiro atoms. The fraction of sp³-hybridized carbons (Fsp3) is 0.208. The van der Waals surface area contributed by atoms with E-state index in [1.165, 1.54) is 5.56 Å². The molecule has 4 rings (SSSR count). The highest BCUT2D eigenvalue weighted by Gasteiger charge is 2.27. The van der Waals surface area contributed by atoms with Crippen molar-refractivity contribution in [1.29, 1.82) is 0 Å². The molecule has 5 heteroatoms. The van der Waals surface area contributed by atoms with Crippen LogP contribution >= 0.6 is 11.6 Å². The highest BCUT2D eigenvalue weighted by Crippen LogP contribution is 2.36. The lowest BCUT2D eigenvalue weighted by Crippen LogP contribution is -2.33. The van der Waals surface area contributed by atoms with Crippen LogP contribution in [0.2, 0.25) is 5.02 Å². The Morgan fingerprint density at radius 2 is 1.76 bits per heavy atom. The van der Waals surface area contributed by atoms with E-state index in [1.54, 1.807) is 19.2 Å². The molecular weight excluding hydrogens is 384 g/mol. The van der Waals surface area contributed by atoms with Gasteiger partial charge in [-0.15, -0.1) is 0 Å². The zero-order valence-electron chi connectivity index (χ0n) is 16.4. The van der Waals surface area contributed by atoms with Crippen molar-refractivity contribution in [3.63, 3.8) is 0 Å². The van der Waals surface area contributed by atoms with Crippen molar-refractivity contribution in [3.05, 3.63) is 94.0 Å². The number of phenolic OH excluding ortho intramolecular Hbond substituents is 1. The van der Waals surface area contributed by atoms with Gasteiger partial charge in [-0.2, -0.15) is 0 Å². The number of hydrogen-bond acceptors (Lipinski definition) is 4. The number of benzene rings is 3. The average Bonchev–Trinajstić information content (AvgIpc) is 2.75. The minimum Gasteiger partial charge on any atom is -0.508 e. The highest BCUT2D eigenvalue weighted by atomic mass is 35.5. The zero-order valence-corrected chi connectivity index (χ0v) is 17.1. The molecule has 29 heavy (non-hydrogen) atoms. The Balaban J connectivity index is 1.75. The molecule has 1 aliphatic rings. The van der Waals surface area contributed by atoms with Crippen LogP contribution in [0.25, 0.3) is 0 Å². The van der Waals surface area contributed by atoms with Gasteiger partial charge in [0.2, 0.25) is 0 Å². The second-order valence-electron chi connectivity index (χ2n) is 7.24. The third-order valence-electron chi connectivity index (χ3n) is 5.22. The summed E-state index contributed by atoms with van der Waals surface area (Å²) in [6.45, 7) is 2.07. The van der Waals surface area contributed by atoms with Crippen molar-refractivity contribution < 1.29 is 9.84 Å². The molecule has 4 nitrogen and oxygen atoms in total. The van der Waals surface area contributed by atoms with Crippen molar-refractivity contribution in [3.8, 4) is 11.5 Å². The number of methoxy groups -OCH3 is 1. The number of nitrogens with one attached hydrogen (secondary N) is 1. The minimum atomic E-state index is -0.218. The predicted molar refractivity (Wildman–Crippen MR) is 117 cm³/mol. The molecule has 0 aliphatic carbocycles. The van der Waals surface area contributed by atoms with E-state index in [1.807, 2.05) is 30.3 Å². The molecule has 1 aliphatic heterocycles. The van der Waals surface area contributed by atoms with Crippen molar-refractivity contribution in [2.45, 2.75) is 25.6 Å². The molecule has 148 valence electrons. The smallest absolute Gasteiger partial charge is 0.126 e. The summed E-state index contributed by atoms with van der Waals surface area (Å²) >= 11 is 6.21. The van der Waals surface area contributed by atoms with Crippen LogP contribution in [-0.4, -0.2) is 17.9 Å². The molecule has 0 saturated carbocycles. The topological polar surface area (TPSA) is 53.8 Å². The molecule has 0 saturated heterocycles. The summed E-state index contributed by atoms with van der Waals surface area (Å²) in [5, 5.41) is 14.6. The van der Waals surface area contributed by atoms with E-state index < -0.39 is 0 Å². The number of nitrogens with zero attached hydrogens (tertiary/aromatic N) is 1. The summed E-state index contributed by atoms with van der Waals surface area (Å²) in [5.41, 5.74) is 5.06. The quantitative estimate of drug-likeness (QED) is 0.594. The summed E-state index contributed by atoms with van der Waals surface area (Å²) in [7, 11) is 1.66. The maximum absolute atomic E-state index is 10.5. The standard InChI is InChI=1S/C24H23ClN2O2/c1-15-3-5-17(6-4-15)24-26-21(16-7-10-19(29-2)11-8-16)14-22(27-24)20-13-18(25)9-12-23(20)28/h3-13,22,24,27-28H,14H2,1-2H3/t22-,24+/m0/s1. The number of rotatable bonds is 4. The van der Waals surface area contributed by atoms with Crippen LogP contribution in [0.3, 0.4) is 0 Å². The maximum Gasteiger partial charge on any atom is 0.126 e. The Hall–Kier alpha value is -2.82. The van der Waals surface area contributed by atoms with E-state index in [-0.39, 0.29) is 18.0 Å². The van der Waals surface area contributed by atoms with E-state index in [4.69, 9.17) is 21.3 Å². The molecule has 3 aromatic rings. The second-order valence-corrected chi connectivity index (χ2v) is 7.68. The maximum atomic E-state index is 10.5. The molecule has 0 fully saturated rings. The van der Waals surface area contributed by atoms with Crippen LogP contribution in [0, 0.1) is 6.92 Å². The molecule has 0 aromatic heterocycles. The first-order valence-corrected chi connectivity index (χ1v) is 9.93. The number of aliphatic imine (C=N–C) groups is 1. The third kappa shape index (κ3) is 4.29. The first-order chi connectivity index (χ1) is 14.0. The van der Waals surface area contributed by atoms with Gasteiger partial charge in [-0.25, -0.2) is 0 Å². The Labute approximate surface area is 175 Å². The number of halogens is 1. The molecule has 2 N–H and O–H groups in total. The fourth-order valence-electron chi connectivity index (χ4n) is 3.59. The summed E-state index contributed by atoms with van der Waals surface area (Å²) in [5.74, 6) is 1.04. The summed E-state index contributed by atoms with van der Waals surface area (Å²) in [4.78, 5) is 4.99. The van der Waals surface area contributed by atoms with Crippen LogP contribution in [0.5, 0.6) is 11.5 Å². The van der Waals surface area contributed by atoms with Gasteiger partial charge >= 0.3 is 0 Å². The summed E-state index contributed by atoms with van der Waals surface area (Å²) < 4.78 is 5.28. The van der Waals surface area contributed by atoms with Gasteiger partial charge in [-0.3, -0.25) is 10.3 Å². The Morgan fingerprint density at radius 1 is 1.03 bits per heavy atom. The lowest BCUT2D eigenvalue weighted by Gasteiger charge is -2.31. The second kappa shape index (κ2) is 8.27. The average molecular weight is 407 g/mol. The van der Waals surface area contributed by atoms with Gasteiger partial charge in [0.15, 0.2) is 0 Å². The normalized spacial score (nSPS) is 18.9. The fourth-order valence-corrected chi connectivity index (χ4v) is 3.77. The first-order valence-electron chi connectivity index (χ1n) is 9.55.